The van der Waals surface area contributed by atoms with Crippen molar-refractivity contribution in [3.05, 3.63) is 42.0 Å². The molecule has 3 rings (SSSR count). The average molecular weight is 271 g/mol. The van der Waals surface area contributed by atoms with Crippen LogP contribution in [0.1, 0.15) is 18.4 Å². The molecule has 0 aromatic heterocycles. The number of carbonyl (C=O) groups excluding carboxylic acids is 1. The van der Waals surface area contributed by atoms with Crippen LogP contribution in [0.3, 0.4) is 0 Å². The molecule has 1 N–H and O–H groups in total. The molecule has 1 amide bonds. The standard InChI is InChI=1S/C16H17NO3/c18-15(13-10-14(13)16(19)20)17-8-6-12(7-9-17)11-4-2-1-3-5-11/h1-6,13-14H,7-10H2,(H,19,20). The quantitative estimate of drug-likeness (QED) is 0.915. The zero-order valence-corrected chi connectivity index (χ0v) is 11.2. The number of hydrogen-bond donors (Lipinski definition) is 1. The molecule has 0 bridgehead atoms. The summed E-state index contributed by atoms with van der Waals surface area (Å²) in [5.41, 5.74) is 2.47. The minimum Gasteiger partial charge on any atom is -0.481 e. The van der Waals surface area contributed by atoms with Gasteiger partial charge in [0.25, 0.3) is 0 Å². The van der Waals surface area contributed by atoms with Crippen LogP contribution < -0.4 is 0 Å². The summed E-state index contributed by atoms with van der Waals surface area (Å²) in [5, 5.41) is 8.88. The van der Waals surface area contributed by atoms with Gasteiger partial charge in [0.05, 0.1) is 11.8 Å². The molecule has 0 saturated heterocycles. The maximum Gasteiger partial charge on any atom is 0.307 e. The number of benzene rings is 1. The van der Waals surface area contributed by atoms with E-state index < -0.39 is 11.9 Å². The molecule has 1 aliphatic heterocycles. The van der Waals surface area contributed by atoms with E-state index in [0.29, 0.717) is 19.5 Å². The minimum atomic E-state index is -0.846. The van der Waals surface area contributed by atoms with Crippen LogP contribution in [0.5, 0.6) is 0 Å². The van der Waals surface area contributed by atoms with Crippen LogP contribution in [-0.2, 0) is 9.59 Å². The lowest BCUT2D eigenvalue weighted by atomic mass is 9.99. The van der Waals surface area contributed by atoms with Gasteiger partial charge in [0, 0.05) is 13.1 Å². The van der Waals surface area contributed by atoms with Crippen molar-refractivity contribution in [2.75, 3.05) is 13.1 Å². The molecule has 1 fully saturated rings. The number of rotatable bonds is 3. The molecule has 0 radical (unpaired) electrons. The van der Waals surface area contributed by atoms with Gasteiger partial charge in [0.15, 0.2) is 0 Å². The van der Waals surface area contributed by atoms with Crippen LogP contribution in [0.25, 0.3) is 5.57 Å². The number of carboxylic acid groups (broad SMARTS) is 1. The van der Waals surface area contributed by atoms with Crippen molar-refractivity contribution in [2.24, 2.45) is 11.8 Å². The van der Waals surface area contributed by atoms with Crippen molar-refractivity contribution in [1.82, 2.24) is 4.90 Å². The molecule has 0 spiro atoms. The van der Waals surface area contributed by atoms with Crippen molar-refractivity contribution in [1.29, 1.82) is 0 Å². The molecule has 20 heavy (non-hydrogen) atoms. The lowest BCUT2D eigenvalue weighted by molar-refractivity contribution is -0.141. The summed E-state index contributed by atoms with van der Waals surface area (Å²) in [6.07, 6.45) is 3.41. The van der Waals surface area contributed by atoms with Crippen LogP contribution in [0.15, 0.2) is 36.4 Å². The van der Waals surface area contributed by atoms with Gasteiger partial charge in [-0.05, 0) is 24.0 Å². The van der Waals surface area contributed by atoms with Gasteiger partial charge in [-0.1, -0.05) is 36.4 Å². The third kappa shape index (κ3) is 2.46. The van der Waals surface area contributed by atoms with Crippen LogP contribution in [0.4, 0.5) is 0 Å². The molecule has 1 aromatic carbocycles. The Hall–Kier alpha value is -2.10. The van der Waals surface area contributed by atoms with Gasteiger partial charge >= 0.3 is 5.97 Å². The summed E-state index contributed by atoms with van der Waals surface area (Å²) >= 11 is 0. The molecular formula is C16H17NO3. The molecule has 2 aliphatic rings. The zero-order chi connectivity index (χ0) is 14.1. The molecule has 104 valence electrons. The number of carbonyl (C=O) groups is 2. The normalized spacial score (nSPS) is 25.0. The lowest BCUT2D eigenvalue weighted by Gasteiger charge is -2.27. The number of carboxylic acids is 1. The van der Waals surface area contributed by atoms with Crippen molar-refractivity contribution in [3.63, 3.8) is 0 Å². The summed E-state index contributed by atoms with van der Waals surface area (Å²) in [4.78, 5) is 24.7. The van der Waals surface area contributed by atoms with Crippen LogP contribution in [0.2, 0.25) is 0 Å². The summed E-state index contributed by atoms with van der Waals surface area (Å²) in [6, 6.07) is 10.2. The predicted octanol–water partition coefficient (Wildman–Crippen LogP) is 2.02. The Morgan fingerprint density at radius 1 is 1.15 bits per heavy atom. The predicted molar refractivity (Wildman–Crippen MR) is 74.8 cm³/mol. The monoisotopic (exact) mass is 271 g/mol. The van der Waals surface area contributed by atoms with Crippen LogP contribution in [-0.4, -0.2) is 35.0 Å². The van der Waals surface area contributed by atoms with E-state index in [1.807, 2.05) is 18.2 Å². The van der Waals surface area contributed by atoms with Crippen LogP contribution >= 0.6 is 0 Å². The highest BCUT2D eigenvalue weighted by molar-refractivity contribution is 5.90. The van der Waals surface area contributed by atoms with Gasteiger partial charge in [0.2, 0.25) is 5.91 Å². The molecule has 1 aromatic rings. The first-order valence-electron chi connectivity index (χ1n) is 6.93. The van der Waals surface area contributed by atoms with E-state index in [2.05, 4.69) is 18.2 Å². The van der Waals surface area contributed by atoms with E-state index in [0.717, 1.165) is 6.42 Å². The molecule has 1 aliphatic carbocycles. The third-order valence-corrected chi connectivity index (χ3v) is 4.09. The second-order valence-corrected chi connectivity index (χ2v) is 5.42. The van der Waals surface area contributed by atoms with E-state index in [4.69, 9.17) is 5.11 Å². The first-order chi connectivity index (χ1) is 9.66. The third-order valence-electron chi connectivity index (χ3n) is 4.09. The second kappa shape index (κ2) is 5.12. The van der Waals surface area contributed by atoms with Gasteiger partial charge in [0.1, 0.15) is 0 Å². The van der Waals surface area contributed by atoms with Gasteiger partial charge in [-0.2, -0.15) is 0 Å². The highest BCUT2D eigenvalue weighted by atomic mass is 16.4. The number of aliphatic carboxylic acids is 1. The van der Waals surface area contributed by atoms with E-state index >= 15 is 0 Å². The molecule has 4 heteroatoms. The number of nitrogens with zero attached hydrogens (tertiary/aromatic N) is 1. The fourth-order valence-electron chi connectivity index (χ4n) is 2.76. The summed E-state index contributed by atoms with van der Waals surface area (Å²) in [6.45, 7) is 1.27. The maximum atomic E-state index is 12.2. The smallest absolute Gasteiger partial charge is 0.307 e. The lowest BCUT2D eigenvalue weighted by Crippen LogP contribution is -2.36. The highest BCUT2D eigenvalue weighted by Gasteiger charge is 2.49. The average Bonchev–Trinajstić information content (AvgIpc) is 3.28. The fourth-order valence-corrected chi connectivity index (χ4v) is 2.76. The van der Waals surface area contributed by atoms with Crippen molar-refractivity contribution in [2.45, 2.75) is 12.8 Å². The number of amides is 1. The topological polar surface area (TPSA) is 57.6 Å². The van der Waals surface area contributed by atoms with E-state index in [-0.39, 0.29) is 11.8 Å². The van der Waals surface area contributed by atoms with Crippen molar-refractivity contribution in [3.8, 4) is 0 Å². The van der Waals surface area contributed by atoms with Crippen LogP contribution in [0, 0.1) is 11.8 Å². The van der Waals surface area contributed by atoms with Gasteiger partial charge < -0.3 is 10.0 Å². The largest absolute Gasteiger partial charge is 0.481 e. The zero-order valence-electron chi connectivity index (χ0n) is 11.2. The van der Waals surface area contributed by atoms with Crippen molar-refractivity contribution < 1.29 is 14.7 Å². The Morgan fingerprint density at radius 3 is 2.45 bits per heavy atom. The first-order valence-corrected chi connectivity index (χ1v) is 6.93. The Labute approximate surface area is 117 Å². The molecule has 2 atom stereocenters. The molecule has 4 nitrogen and oxygen atoms in total. The van der Waals surface area contributed by atoms with Gasteiger partial charge in [-0.15, -0.1) is 0 Å². The SMILES string of the molecule is O=C(O)C1CC1C(=O)N1CC=C(c2ccccc2)CC1. The van der Waals surface area contributed by atoms with E-state index in [9.17, 15) is 9.59 Å². The molecule has 1 heterocycles. The van der Waals surface area contributed by atoms with Gasteiger partial charge in [-0.25, -0.2) is 0 Å². The fraction of sp³-hybridized carbons (Fsp3) is 0.375. The highest BCUT2D eigenvalue weighted by Crippen LogP contribution is 2.40. The number of hydrogen-bond acceptors (Lipinski definition) is 2. The first kappa shape index (κ1) is 12.9. The van der Waals surface area contributed by atoms with E-state index in [1.54, 1.807) is 4.90 Å². The minimum absolute atomic E-state index is 0.000705. The van der Waals surface area contributed by atoms with E-state index in [1.165, 1.54) is 11.1 Å². The summed E-state index contributed by atoms with van der Waals surface area (Å²) in [7, 11) is 0. The second-order valence-electron chi connectivity index (χ2n) is 5.42. The Morgan fingerprint density at radius 2 is 1.90 bits per heavy atom. The maximum absolute atomic E-state index is 12.2. The molecule has 1 saturated carbocycles. The Balaban J connectivity index is 1.63. The molecular weight excluding hydrogens is 254 g/mol. The van der Waals surface area contributed by atoms with Crippen molar-refractivity contribution >= 4 is 17.4 Å². The summed E-state index contributed by atoms with van der Waals surface area (Å²) in [5.74, 6) is -1.59. The Kier molecular flexibility index (Phi) is 3.30. The summed E-state index contributed by atoms with van der Waals surface area (Å²) < 4.78 is 0. The molecule has 2 unspecified atom stereocenters. The Bertz CT molecular complexity index is 564. The van der Waals surface area contributed by atoms with Gasteiger partial charge in [-0.3, -0.25) is 9.59 Å².